The second kappa shape index (κ2) is 4.36. The van der Waals surface area contributed by atoms with E-state index >= 15 is 0 Å². The summed E-state index contributed by atoms with van der Waals surface area (Å²) in [6.07, 6.45) is 5.83. The fourth-order valence-electron chi connectivity index (χ4n) is 1.56. The number of hydrogen-bond acceptors (Lipinski definition) is 4. The van der Waals surface area contributed by atoms with Gasteiger partial charge in [0, 0.05) is 5.56 Å². The molecule has 0 spiro atoms. The molecule has 1 atom stereocenters. The molecular weight excluding hydrogens is 220 g/mol. The van der Waals surface area contributed by atoms with Crippen LogP contribution in [0.25, 0.3) is 0 Å². The largest absolute Gasteiger partial charge is 0.364 e. The maximum Gasteiger partial charge on any atom is 0.269 e. The van der Waals surface area contributed by atoms with Gasteiger partial charge in [-0.1, -0.05) is 13.8 Å². The van der Waals surface area contributed by atoms with Crippen LogP contribution in [0.1, 0.15) is 42.2 Å². The molecule has 90 valence electrons. The van der Waals surface area contributed by atoms with Gasteiger partial charge in [-0.25, -0.2) is 0 Å². The van der Waals surface area contributed by atoms with Crippen LogP contribution in [0.4, 0.5) is 0 Å². The quantitative estimate of drug-likeness (QED) is 0.828. The lowest BCUT2D eigenvalue weighted by atomic mass is 9.99. The molecule has 0 bridgehead atoms. The van der Waals surface area contributed by atoms with Crippen LogP contribution in [0, 0.1) is 0 Å². The summed E-state index contributed by atoms with van der Waals surface area (Å²) in [6.45, 7) is 4.07. The van der Waals surface area contributed by atoms with Crippen molar-refractivity contribution in [3.8, 4) is 0 Å². The third kappa shape index (κ3) is 2.03. The topological polar surface area (TPSA) is 91.6 Å². The van der Waals surface area contributed by atoms with E-state index in [0.717, 1.165) is 12.0 Å². The first-order valence-electron chi connectivity index (χ1n) is 5.39. The van der Waals surface area contributed by atoms with E-state index < -0.39 is 5.91 Å². The molecule has 2 aromatic heterocycles. The molecule has 0 aliphatic heterocycles. The predicted molar refractivity (Wildman–Crippen MR) is 60.3 cm³/mol. The third-order valence-corrected chi connectivity index (χ3v) is 2.73. The molecule has 2 N–H and O–H groups in total. The van der Waals surface area contributed by atoms with Crippen molar-refractivity contribution < 1.29 is 4.79 Å². The van der Waals surface area contributed by atoms with Crippen molar-refractivity contribution in [1.29, 1.82) is 0 Å². The number of amides is 1. The van der Waals surface area contributed by atoms with Crippen molar-refractivity contribution in [1.82, 2.24) is 25.0 Å². The first kappa shape index (κ1) is 11.3. The minimum Gasteiger partial charge on any atom is -0.364 e. The van der Waals surface area contributed by atoms with Crippen LogP contribution >= 0.6 is 0 Å². The lowest BCUT2D eigenvalue weighted by Gasteiger charge is -2.05. The molecule has 0 saturated heterocycles. The summed E-state index contributed by atoms with van der Waals surface area (Å²) in [5.74, 6) is -0.311. The Morgan fingerprint density at radius 3 is 2.82 bits per heavy atom. The first-order chi connectivity index (χ1) is 8.13. The Kier molecular flexibility index (Phi) is 2.90. The Morgan fingerprint density at radius 1 is 1.53 bits per heavy atom. The Bertz CT molecular complexity index is 515. The SMILES string of the molecule is CCC(C)c1cn(-n2ccnn2)nc1C(N)=O. The zero-order valence-electron chi connectivity index (χ0n) is 9.74. The lowest BCUT2D eigenvalue weighted by molar-refractivity contribution is 0.0993. The van der Waals surface area contributed by atoms with Gasteiger partial charge in [0.05, 0.1) is 18.6 Å². The molecule has 17 heavy (non-hydrogen) atoms. The first-order valence-corrected chi connectivity index (χ1v) is 5.39. The van der Waals surface area contributed by atoms with Gasteiger partial charge >= 0.3 is 0 Å². The summed E-state index contributed by atoms with van der Waals surface area (Å²) in [7, 11) is 0. The van der Waals surface area contributed by atoms with Gasteiger partial charge in [0.1, 0.15) is 0 Å². The molecule has 2 aromatic rings. The van der Waals surface area contributed by atoms with Crippen LogP contribution in [-0.4, -0.2) is 30.9 Å². The molecule has 0 radical (unpaired) electrons. The summed E-state index contributed by atoms with van der Waals surface area (Å²) in [5, 5.41) is 11.6. The molecule has 0 aliphatic rings. The number of nitrogens with zero attached hydrogens (tertiary/aromatic N) is 5. The molecule has 0 saturated carbocycles. The van der Waals surface area contributed by atoms with Crippen LogP contribution in [0.3, 0.4) is 0 Å². The predicted octanol–water partition coefficient (Wildman–Crippen LogP) is 0.398. The molecule has 2 rings (SSSR count). The van der Waals surface area contributed by atoms with Crippen molar-refractivity contribution in [3.63, 3.8) is 0 Å². The lowest BCUT2D eigenvalue weighted by Crippen LogP contribution is -2.16. The second-order valence-electron chi connectivity index (χ2n) is 3.85. The van der Waals surface area contributed by atoms with Gasteiger partial charge in [-0.15, -0.1) is 15.0 Å². The summed E-state index contributed by atoms with van der Waals surface area (Å²) in [5.41, 5.74) is 6.43. The van der Waals surface area contributed by atoms with Gasteiger partial charge in [0.15, 0.2) is 5.69 Å². The standard InChI is InChI=1S/C10H14N6O/c1-3-7(2)8-6-16(13-9(8)10(11)17)15-5-4-12-14-15/h4-7H,3H2,1-2H3,(H2,11,17). The number of carbonyl (C=O) groups is 1. The highest BCUT2D eigenvalue weighted by molar-refractivity contribution is 5.92. The molecular formula is C10H14N6O. The van der Waals surface area contributed by atoms with Gasteiger partial charge in [-0.05, 0) is 17.6 Å². The summed E-state index contributed by atoms with van der Waals surface area (Å²) in [4.78, 5) is 14.2. The van der Waals surface area contributed by atoms with Crippen molar-refractivity contribution >= 4 is 5.91 Å². The second-order valence-corrected chi connectivity index (χ2v) is 3.85. The Balaban J connectivity index is 2.48. The molecule has 2 heterocycles. The fraction of sp³-hybridized carbons (Fsp3) is 0.400. The van der Waals surface area contributed by atoms with Crippen molar-refractivity contribution in [2.75, 3.05) is 0 Å². The summed E-state index contributed by atoms with van der Waals surface area (Å²) in [6, 6.07) is 0. The zero-order chi connectivity index (χ0) is 12.4. The number of hydrogen-bond donors (Lipinski definition) is 1. The molecule has 7 nitrogen and oxygen atoms in total. The van der Waals surface area contributed by atoms with Gasteiger partial charge in [0.25, 0.3) is 5.91 Å². The average Bonchev–Trinajstić information content (AvgIpc) is 2.95. The Morgan fingerprint density at radius 2 is 2.29 bits per heavy atom. The van der Waals surface area contributed by atoms with E-state index in [9.17, 15) is 4.79 Å². The van der Waals surface area contributed by atoms with Crippen molar-refractivity contribution in [2.45, 2.75) is 26.2 Å². The van der Waals surface area contributed by atoms with E-state index in [0.29, 0.717) is 0 Å². The number of rotatable bonds is 4. The van der Waals surface area contributed by atoms with E-state index in [4.69, 9.17) is 5.73 Å². The number of primary amides is 1. The van der Waals surface area contributed by atoms with Gasteiger partial charge in [-0.3, -0.25) is 4.79 Å². The minimum absolute atomic E-state index is 0.217. The van der Waals surface area contributed by atoms with Crippen molar-refractivity contribution in [3.05, 3.63) is 29.8 Å². The number of carbonyl (C=O) groups excluding carboxylic acids is 1. The van der Waals surface area contributed by atoms with E-state index in [1.54, 1.807) is 12.4 Å². The molecule has 1 amide bonds. The Hall–Kier alpha value is -2.18. The Labute approximate surface area is 98.2 Å². The summed E-state index contributed by atoms with van der Waals surface area (Å²) < 4.78 is 0. The highest BCUT2D eigenvalue weighted by Gasteiger charge is 2.18. The maximum absolute atomic E-state index is 11.3. The maximum atomic E-state index is 11.3. The van der Waals surface area contributed by atoms with E-state index in [1.807, 2.05) is 13.8 Å². The van der Waals surface area contributed by atoms with E-state index in [-0.39, 0.29) is 11.6 Å². The third-order valence-electron chi connectivity index (χ3n) is 2.73. The van der Waals surface area contributed by atoms with Gasteiger partial charge < -0.3 is 5.73 Å². The van der Waals surface area contributed by atoms with Crippen molar-refractivity contribution in [2.24, 2.45) is 5.73 Å². The molecule has 0 fully saturated rings. The van der Waals surface area contributed by atoms with Crippen LogP contribution in [0.15, 0.2) is 18.6 Å². The molecule has 7 heteroatoms. The van der Waals surface area contributed by atoms with Gasteiger partial charge in [0.2, 0.25) is 0 Å². The monoisotopic (exact) mass is 234 g/mol. The molecule has 0 aliphatic carbocycles. The highest BCUT2D eigenvalue weighted by atomic mass is 16.1. The smallest absolute Gasteiger partial charge is 0.269 e. The van der Waals surface area contributed by atoms with Crippen LogP contribution in [0.5, 0.6) is 0 Å². The number of aromatic nitrogens is 5. The fourth-order valence-corrected chi connectivity index (χ4v) is 1.56. The molecule has 0 aromatic carbocycles. The van der Waals surface area contributed by atoms with E-state index in [1.165, 1.54) is 15.8 Å². The molecule has 1 unspecified atom stereocenters. The normalized spacial score (nSPS) is 12.6. The van der Waals surface area contributed by atoms with E-state index in [2.05, 4.69) is 15.4 Å². The highest BCUT2D eigenvalue weighted by Crippen LogP contribution is 2.21. The van der Waals surface area contributed by atoms with Crippen LogP contribution in [0.2, 0.25) is 0 Å². The summed E-state index contributed by atoms with van der Waals surface area (Å²) >= 11 is 0. The average molecular weight is 234 g/mol. The zero-order valence-corrected chi connectivity index (χ0v) is 9.74. The number of nitrogens with two attached hydrogens (primary N) is 1. The van der Waals surface area contributed by atoms with Crippen LogP contribution in [-0.2, 0) is 0 Å². The van der Waals surface area contributed by atoms with Crippen LogP contribution < -0.4 is 5.73 Å². The van der Waals surface area contributed by atoms with Gasteiger partial charge in [-0.2, -0.15) is 4.79 Å². The minimum atomic E-state index is -0.529.